The summed E-state index contributed by atoms with van der Waals surface area (Å²) in [5, 5.41) is 2.49. The van der Waals surface area contributed by atoms with E-state index in [2.05, 4.69) is 10.9 Å². The van der Waals surface area contributed by atoms with Crippen LogP contribution in [0.15, 0.2) is 66.7 Å². The molecule has 0 radical (unpaired) electrons. The van der Waals surface area contributed by atoms with Gasteiger partial charge in [-0.3, -0.25) is 20.4 Å². The zero-order valence-electron chi connectivity index (χ0n) is 13.9. The third kappa shape index (κ3) is 4.52. The topological polar surface area (TPSA) is 67.4 Å². The molecule has 0 fully saturated rings. The zero-order valence-corrected chi connectivity index (χ0v) is 14.6. The van der Waals surface area contributed by atoms with Crippen molar-refractivity contribution in [3.8, 4) is 5.75 Å². The molecule has 132 valence electrons. The summed E-state index contributed by atoms with van der Waals surface area (Å²) >= 11 is 5.95. The summed E-state index contributed by atoms with van der Waals surface area (Å²) in [4.78, 5) is 23.9. The number of hydrogen-bond donors (Lipinski definition) is 2. The second-order valence-electron chi connectivity index (χ2n) is 5.63. The van der Waals surface area contributed by atoms with Gasteiger partial charge in [0.05, 0.1) is 11.4 Å². The van der Waals surface area contributed by atoms with Crippen LogP contribution in [0, 0.1) is 0 Å². The standard InChI is InChI=1S/C20H17ClN2O3/c21-17-10-3-4-11-18(17)26-13-20(25)23-22-19(24)12-15-8-5-7-14-6-1-2-9-16(14)15/h1-11H,12-13H2,(H,22,24)(H,23,25). The molecule has 5 nitrogen and oxygen atoms in total. The Bertz CT molecular complexity index is 938. The average Bonchev–Trinajstić information content (AvgIpc) is 2.66. The van der Waals surface area contributed by atoms with Crippen molar-refractivity contribution in [3.63, 3.8) is 0 Å². The number of nitrogens with one attached hydrogen (secondary N) is 2. The molecule has 0 aliphatic carbocycles. The first kappa shape index (κ1) is 17.8. The number of ether oxygens (including phenoxy) is 1. The molecule has 0 saturated carbocycles. The molecule has 0 bridgehead atoms. The van der Waals surface area contributed by atoms with Crippen LogP contribution in [0.1, 0.15) is 5.56 Å². The van der Waals surface area contributed by atoms with E-state index in [0.717, 1.165) is 16.3 Å². The molecule has 6 heteroatoms. The van der Waals surface area contributed by atoms with Gasteiger partial charge in [-0.2, -0.15) is 0 Å². The van der Waals surface area contributed by atoms with Crippen molar-refractivity contribution in [1.29, 1.82) is 0 Å². The highest BCUT2D eigenvalue weighted by molar-refractivity contribution is 6.32. The Morgan fingerprint density at radius 1 is 0.846 bits per heavy atom. The highest BCUT2D eigenvalue weighted by Crippen LogP contribution is 2.22. The van der Waals surface area contributed by atoms with Crippen molar-refractivity contribution in [1.82, 2.24) is 10.9 Å². The van der Waals surface area contributed by atoms with E-state index < -0.39 is 5.91 Å². The number of halogens is 1. The third-order valence-electron chi connectivity index (χ3n) is 3.77. The van der Waals surface area contributed by atoms with Crippen LogP contribution in [0.25, 0.3) is 10.8 Å². The molecule has 0 aromatic heterocycles. The van der Waals surface area contributed by atoms with Crippen molar-refractivity contribution in [3.05, 3.63) is 77.3 Å². The van der Waals surface area contributed by atoms with Crippen molar-refractivity contribution in [2.24, 2.45) is 0 Å². The highest BCUT2D eigenvalue weighted by atomic mass is 35.5. The summed E-state index contributed by atoms with van der Waals surface area (Å²) < 4.78 is 5.31. The van der Waals surface area contributed by atoms with Crippen LogP contribution in [0.2, 0.25) is 5.02 Å². The normalized spacial score (nSPS) is 10.3. The van der Waals surface area contributed by atoms with Crippen LogP contribution in [0.5, 0.6) is 5.75 Å². The largest absolute Gasteiger partial charge is 0.482 e. The highest BCUT2D eigenvalue weighted by Gasteiger charge is 2.09. The van der Waals surface area contributed by atoms with E-state index in [9.17, 15) is 9.59 Å². The minimum Gasteiger partial charge on any atom is -0.482 e. The van der Waals surface area contributed by atoms with E-state index in [1.807, 2.05) is 42.5 Å². The van der Waals surface area contributed by atoms with Crippen molar-refractivity contribution in [2.75, 3.05) is 6.61 Å². The number of carbonyl (C=O) groups excluding carboxylic acids is 2. The molecule has 0 atom stereocenters. The molecule has 0 saturated heterocycles. The molecule has 2 N–H and O–H groups in total. The molecule has 0 heterocycles. The molecule has 0 aliphatic rings. The maximum Gasteiger partial charge on any atom is 0.276 e. The van der Waals surface area contributed by atoms with Gasteiger partial charge in [0.25, 0.3) is 5.91 Å². The Hall–Kier alpha value is -3.05. The lowest BCUT2D eigenvalue weighted by atomic mass is 10.0. The van der Waals surface area contributed by atoms with E-state index in [-0.39, 0.29) is 18.9 Å². The number of hydrogen-bond acceptors (Lipinski definition) is 3. The third-order valence-corrected chi connectivity index (χ3v) is 4.08. The molecule has 3 rings (SSSR count). The summed E-state index contributed by atoms with van der Waals surface area (Å²) in [5.74, 6) is -0.380. The van der Waals surface area contributed by atoms with Gasteiger partial charge in [0.1, 0.15) is 5.75 Å². The van der Waals surface area contributed by atoms with E-state index in [1.165, 1.54) is 0 Å². The van der Waals surface area contributed by atoms with Gasteiger partial charge in [-0.25, -0.2) is 0 Å². The fraction of sp³-hybridized carbons (Fsp3) is 0.100. The lowest BCUT2D eigenvalue weighted by Gasteiger charge is -2.10. The van der Waals surface area contributed by atoms with Gasteiger partial charge in [-0.1, -0.05) is 66.2 Å². The van der Waals surface area contributed by atoms with Gasteiger partial charge in [-0.15, -0.1) is 0 Å². The number of carbonyl (C=O) groups is 2. The summed E-state index contributed by atoms with van der Waals surface area (Å²) in [6.45, 7) is -0.252. The second-order valence-corrected chi connectivity index (χ2v) is 6.04. The summed E-state index contributed by atoms with van der Waals surface area (Å²) in [6, 6.07) is 20.5. The first-order chi connectivity index (χ1) is 12.6. The lowest BCUT2D eigenvalue weighted by molar-refractivity contribution is -0.129. The zero-order chi connectivity index (χ0) is 18.4. The van der Waals surface area contributed by atoms with Gasteiger partial charge in [-0.05, 0) is 28.5 Å². The van der Waals surface area contributed by atoms with Gasteiger partial charge in [0, 0.05) is 0 Å². The van der Waals surface area contributed by atoms with E-state index in [1.54, 1.807) is 24.3 Å². The maximum atomic E-state index is 12.1. The minimum absolute atomic E-state index is 0.160. The van der Waals surface area contributed by atoms with Crippen molar-refractivity contribution in [2.45, 2.75) is 6.42 Å². The SMILES string of the molecule is O=C(COc1ccccc1Cl)NNC(=O)Cc1cccc2ccccc12. The summed E-state index contributed by atoms with van der Waals surface area (Å²) in [5.41, 5.74) is 5.62. The smallest absolute Gasteiger partial charge is 0.276 e. The van der Waals surface area contributed by atoms with Gasteiger partial charge in [0.2, 0.25) is 5.91 Å². The Morgan fingerprint density at radius 2 is 1.54 bits per heavy atom. The molecule has 0 aliphatic heterocycles. The first-order valence-electron chi connectivity index (χ1n) is 8.05. The Balaban J connectivity index is 1.50. The van der Waals surface area contributed by atoms with Crippen LogP contribution in [0.4, 0.5) is 0 Å². The molecule has 3 aromatic carbocycles. The maximum absolute atomic E-state index is 12.1. The number of hydrazine groups is 1. The number of fused-ring (bicyclic) bond motifs is 1. The van der Waals surface area contributed by atoms with Gasteiger partial charge < -0.3 is 4.74 Å². The molecule has 26 heavy (non-hydrogen) atoms. The van der Waals surface area contributed by atoms with Crippen LogP contribution < -0.4 is 15.6 Å². The van der Waals surface area contributed by atoms with E-state index in [4.69, 9.17) is 16.3 Å². The number of rotatable bonds is 5. The lowest BCUT2D eigenvalue weighted by Crippen LogP contribution is -2.44. The predicted octanol–water partition coefficient (Wildman–Crippen LogP) is 3.26. The van der Waals surface area contributed by atoms with E-state index >= 15 is 0 Å². The van der Waals surface area contributed by atoms with Crippen LogP contribution >= 0.6 is 11.6 Å². The predicted molar refractivity (Wildman–Crippen MR) is 101 cm³/mol. The molecule has 3 aromatic rings. The Kier molecular flexibility index (Phi) is 5.71. The summed E-state index contributed by atoms with van der Waals surface area (Å²) in [6.07, 6.45) is 0.160. The molecule has 2 amide bonds. The van der Waals surface area contributed by atoms with Crippen LogP contribution in [0.3, 0.4) is 0 Å². The summed E-state index contributed by atoms with van der Waals surface area (Å²) in [7, 11) is 0. The number of para-hydroxylation sites is 1. The van der Waals surface area contributed by atoms with Gasteiger partial charge >= 0.3 is 0 Å². The monoisotopic (exact) mass is 368 g/mol. The first-order valence-corrected chi connectivity index (χ1v) is 8.43. The van der Waals surface area contributed by atoms with Crippen LogP contribution in [-0.2, 0) is 16.0 Å². The molecule has 0 spiro atoms. The van der Waals surface area contributed by atoms with Crippen molar-refractivity contribution < 1.29 is 14.3 Å². The number of benzene rings is 3. The van der Waals surface area contributed by atoms with Gasteiger partial charge in [0.15, 0.2) is 6.61 Å². The van der Waals surface area contributed by atoms with Crippen molar-refractivity contribution >= 4 is 34.2 Å². The molecular weight excluding hydrogens is 352 g/mol. The Morgan fingerprint density at radius 3 is 2.38 bits per heavy atom. The minimum atomic E-state index is -0.476. The number of amides is 2. The van der Waals surface area contributed by atoms with Crippen LogP contribution in [-0.4, -0.2) is 18.4 Å². The molecular formula is C20H17ClN2O3. The molecule has 0 unspecified atom stereocenters. The second kappa shape index (κ2) is 8.36. The van der Waals surface area contributed by atoms with E-state index in [0.29, 0.717) is 10.8 Å². The quantitative estimate of drug-likeness (QED) is 0.679. The Labute approximate surface area is 155 Å². The fourth-order valence-electron chi connectivity index (χ4n) is 2.54. The fourth-order valence-corrected chi connectivity index (χ4v) is 2.73. The average molecular weight is 369 g/mol.